The van der Waals surface area contributed by atoms with Gasteiger partial charge in [0.1, 0.15) is 0 Å². The van der Waals surface area contributed by atoms with Gasteiger partial charge in [-0.15, -0.1) is 0 Å². The molecule has 0 heterocycles. The number of fused-ring (bicyclic) bond motifs is 5. The van der Waals surface area contributed by atoms with E-state index in [4.69, 9.17) is 4.55 Å². The van der Waals surface area contributed by atoms with Crippen LogP contribution in [0.15, 0.2) is 0 Å². The van der Waals surface area contributed by atoms with Gasteiger partial charge >= 0.3 is 10.4 Å². The first kappa shape index (κ1) is 24.9. The molecule has 0 aromatic heterocycles. The van der Waals surface area contributed by atoms with E-state index in [0.717, 1.165) is 51.4 Å². The Labute approximate surface area is 194 Å². The second-order valence-electron chi connectivity index (χ2n) is 12.1. The SMILES string of the molecule is CC[C@@H]1C2C[C@H](O)CCC2(C)C2CCC3(C)C(CCC3[C@H](C)CCOS(=O)(=O)O)C2[C@@H]1O. The van der Waals surface area contributed by atoms with Gasteiger partial charge in [0.05, 0.1) is 18.8 Å². The average Bonchev–Trinajstić information content (AvgIpc) is 3.06. The van der Waals surface area contributed by atoms with Crippen LogP contribution in [0.1, 0.15) is 85.5 Å². The molecule has 186 valence electrons. The second kappa shape index (κ2) is 8.78. The van der Waals surface area contributed by atoms with Crippen LogP contribution in [0.4, 0.5) is 0 Å². The van der Waals surface area contributed by atoms with Crippen LogP contribution < -0.4 is 0 Å². The van der Waals surface area contributed by atoms with E-state index >= 15 is 0 Å². The molecule has 0 aliphatic heterocycles. The summed E-state index contributed by atoms with van der Waals surface area (Å²) in [5.41, 5.74) is 0.355. The molecule has 32 heavy (non-hydrogen) atoms. The average molecular weight is 473 g/mol. The maximum Gasteiger partial charge on any atom is 0.397 e. The molecule has 0 aromatic rings. The van der Waals surface area contributed by atoms with E-state index in [1.54, 1.807) is 0 Å². The van der Waals surface area contributed by atoms with E-state index < -0.39 is 10.4 Å². The fraction of sp³-hybridized carbons (Fsp3) is 1.00. The molecule has 0 saturated heterocycles. The zero-order valence-electron chi connectivity index (χ0n) is 20.2. The summed E-state index contributed by atoms with van der Waals surface area (Å²) in [5, 5.41) is 22.1. The summed E-state index contributed by atoms with van der Waals surface area (Å²) in [6, 6.07) is 0. The molecule has 4 rings (SSSR count). The number of hydrogen-bond acceptors (Lipinski definition) is 5. The fourth-order valence-electron chi connectivity index (χ4n) is 9.47. The first-order valence-electron chi connectivity index (χ1n) is 12.9. The summed E-state index contributed by atoms with van der Waals surface area (Å²) in [4.78, 5) is 0. The lowest BCUT2D eigenvalue weighted by Crippen LogP contribution is -2.62. The third-order valence-electron chi connectivity index (χ3n) is 11.0. The number of aliphatic hydroxyl groups excluding tert-OH is 2. The standard InChI is InChI=1S/C25H44O6S/c1-5-17-21-14-16(26)8-11-25(21,4)20-9-12-24(3)18(6-7-19(24)22(20)23(17)27)15(2)10-13-31-32(28,29)30/h15-23,26-27H,5-14H2,1-4H3,(H,28,29,30)/t15-,16-,17-,18?,19?,20?,21?,22?,23-,24?,25?/m1/s1. The van der Waals surface area contributed by atoms with Crippen molar-refractivity contribution in [3.05, 3.63) is 0 Å². The number of rotatable bonds is 6. The highest BCUT2D eigenvalue weighted by Gasteiger charge is 2.64. The van der Waals surface area contributed by atoms with Crippen LogP contribution in [0.2, 0.25) is 0 Å². The molecule has 6 nitrogen and oxygen atoms in total. The first-order valence-corrected chi connectivity index (χ1v) is 14.3. The minimum atomic E-state index is -4.39. The van der Waals surface area contributed by atoms with Gasteiger partial charge in [-0.3, -0.25) is 4.55 Å². The van der Waals surface area contributed by atoms with Crippen molar-refractivity contribution in [2.75, 3.05) is 6.61 Å². The quantitative estimate of drug-likeness (QED) is 0.493. The van der Waals surface area contributed by atoms with Crippen LogP contribution in [0.3, 0.4) is 0 Å². The minimum absolute atomic E-state index is 0.0198. The molecule has 0 bridgehead atoms. The molecule has 0 spiro atoms. The van der Waals surface area contributed by atoms with Crippen molar-refractivity contribution in [1.29, 1.82) is 0 Å². The van der Waals surface area contributed by atoms with Gasteiger partial charge in [-0.2, -0.15) is 8.42 Å². The molecule has 7 heteroatoms. The Morgan fingerprint density at radius 2 is 1.66 bits per heavy atom. The van der Waals surface area contributed by atoms with Crippen LogP contribution in [-0.2, 0) is 14.6 Å². The summed E-state index contributed by atoms with van der Waals surface area (Å²) < 4.78 is 35.4. The molecule has 4 aliphatic carbocycles. The first-order chi connectivity index (χ1) is 14.9. The summed E-state index contributed by atoms with van der Waals surface area (Å²) in [6.07, 6.45) is 8.38. The predicted octanol–water partition coefficient (Wildman–Crippen LogP) is 4.46. The van der Waals surface area contributed by atoms with Gasteiger partial charge < -0.3 is 10.2 Å². The second-order valence-corrected chi connectivity index (χ2v) is 13.2. The van der Waals surface area contributed by atoms with E-state index in [1.165, 1.54) is 0 Å². The molecule has 0 radical (unpaired) electrons. The predicted molar refractivity (Wildman–Crippen MR) is 123 cm³/mol. The van der Waals surface area contributed by atoms with Crippen molar-refractivity contribution in [2.24, 2.45) is 52.3 Å². The zero-order valence-corrected chi connectivity index (χ0v) is 21.1. The third-order valence-corrected chi connectivity index (χ3v) is 11.4. The lowest BCUT2D eigenvalue weighted by Gasteiger charge is -2.64. The molecule has 4 aliphatic rings. The topological polar surface area (TPSA) is 104 Å². The van der Waals surface area contributed by atoms with Crippen LogP contribution in [0, 0.1) is 52.3 Å². The Balaban J connectivity index is 1.56. The maximum atomic E-state index is 11.7. The molecule has 0 aromatic carbocycles. The van der Waals surface area contributed by atoms with E-state index in [-0.39, 0.29) is 35.6 Å². The lowest BCUT2D eigenvalue weighted by molar-refractivity contribution is -0.203. The van der Waals surface area contributed by atoms with Crippen molar-refractivity contribution in [3.8, 4) is 0 Å². The van der Waals surface area contributed by atoms with E-state index in [0.29, 0.717) is 41.9 Å². The Bertz CT molecular complexity index is 785. The molecule has 4 fully saturated rings. The van der Waals surface area contributed by atoms with Crippen molar-refractivity contribution < 1.29 is 27.4 Å². The van der Waals surface area contributed by atoms with Crippen LogP contribution in [0.5, 0.6) is 0 Å². The van der Waals surface area contributed by atoms with Gasteiger partial charge in [0.15, 0.2) is 0 Å². The van der Waals surface area contributed by atoms with Gasteiger partial charge in [0.25, 0.3) is 0 Å². The van der Waals surface area contributed by atoms with Gasteiger partial charge in [-0.1, -0.05) is 34.1 Å². The van der Waals surface area contributed by atoms with Gasteiger partial charge in [-0.25, -0.2) is 4.18 Å². The van der Waals surface area contributed by atoms with Crippen LogP contribution in [-0.4, -0.2) is 42.0 Å². The van der Waals surface area contributed by atoms with Crippen molar-refractivity contribution in [1.82, 2.24) is 0 Å². The van der Waals surface area contributed by atoms with Gasteiger partial charge in [0, 0.05) is 0 Å². The minimum Gasteiger partial charge on any atom is -0.393 e. The molecule has 11 atom stereocenters. The summed E-state index contributed by atoms with van der Waals surface area (Å²) in [7, 11) is -4.39. The molecular formula is C25H44O6S. The molecule has 7 unspecified atom stereocenters. The van der Waals surface area contributed by atoms with E-state index in [1.807, 2.05) is 0 Å². The highest BCUT2D eigenvalue weighted by Crippen LogP contribution is 2.69. The molecule has 0 amide bonds. The Morgan fingerprint density at radius 3 is 2.31 bits per heavy atom. The van der Waals surface area contributed by atoms with Gasteiger partial charge in [-0.05, 0) is 104 Å². The van der Waals surface area contributed by atoms with Crippen molar-refractivity contribution in [2.45, 2.75) is 97.7 Å². The van der Waals surface area contributed by atoms with Crippen LogP contribution in [0.25, 0.3) is 0 Å². The molecule has 3 N–H and O–H groups in total. The smallest absolute Gasteiger partial charge is 0.393 e. The molecular weight excluding hydrogens is 428 g/mol. The van der Waals surface area contributed by atoms with Crippen molar-refractivity contribution in [3.63, 3.8) is 0 Å². The summed E-state index contributed by atoms with van der Waals surface area (Å²) in [6.45, 7) is 9.28. The highest BCUT2D eigenvalue weighted by atomic mass is 32.3. The normalized spacial score (nSPS) is 49.7. The lowest BCUT2D eigenvalue weighted by atomic mass is 9.41. The summed E-state index contributed by atoms with van der Waals surface area (Å²) >= 11 is 0. The van der Waals surface area contributed by atoms with E-state index in [9.17, 15) is 18.6 Å². The zero-order chi connectivity index (χ0) is 23.5. The van der Waals surface area contributed by atoms with E-state index in [2.05, 4.69) is 31.9 Å². The fourth-order valence-corrected chi connectivity index (χ4v) is 9.78. The Hall–Kier alpha value is -0.210. The number of hydrogen-bond donors (Lipinski definition) is 3. The Kier molecular flexibility index (Phi) is 6.83. The van der Waals surface area contributed by atoms with Gasteiger partial charge in [0.2, 0.25) is 0 Å². The monoisotopic (exact) mass is 472 g/mol. The molecule has 4 saturated carbocycles. The maximum absolute atomic E-state index is 11.7. The summed E-state index contributed by atoms with van der Waals surface area (Å²) in [5.74, 6) is 2.78. The largest absolute Gasteiger partial charge is 0.397 e. The van der Waals surface area contributed by atoms with Crippen LogP contribution >= 0.6 is 0 Å². The van der Waals surface area contributed by atoms with Crippen molar-refractivity contribution >= 4 is 10.4 Å². The number of aliphatic hydroxyl groups is 2. The highest BCUT2D eigenvalue weighted by molar-refractivity contribution is 7.80. The third kappa shape index (κ3) is 4.08. The Morgan fingerprint density at radius 1 is 1.00 bits per heavy atom.